The monoisotopic (exact) mass is 288 g/mol. The number of aromatic nitrogens is 3. The van der Waals surface area contributed by atoms with Crippen LogP contribution >= 0.6 is 0 Å². The Morgan fingerprint density at radius 3 is 2.90 bits per heavy atom. The number of nitrogens with one attached hydrogen (secondary N) is 2. The molecule has 0 aliphatic carbocycles. The molecule has 0 bridgehead atoms. The summed E-state index contributed by atoms with van der Waals surface area (Å²) < 4.78 is 5.54. The van der Waals surface area contributed by atoms with Crippen molar-refractivity contribution >= 4 is 11.6 Å². The Bertz CT molecular complexity index is 622. The van der Waals surface area contributed by atoms with Gasteiger partial charge in [-0.2, -0.15) is 0 Å². The van der Waals surface area contributed by atoms with E-state index < -0.39 is 0 Å². The third-order valence-electron chi connectivity index (χ3n) is 2.91. The van der Waals surface area contributed by atoms with Crippen LogP contribution < -0.4 is 10.1 Å². The molecule has 2 N–H and O–H groups in total. The summed E-state index contributed by atoms with van der Waals surface area (Å²) in [5.74, 6) is 1.16. The van der Waals surface area contributed by atoms with Crippen LogP contribution in [0, 0.1) is 6.92 Å². The van der Waals surface area contributed by atoms with Gasteiger partial charge in [-0.1, -0.05) is 13.0 Å². The average molecular weight is 288 g/mol. The Morgan fingerprint density at radius 1 is 1.38 bits per heavy atom. The first-order valence-electron chi connectivity index (χ1n) is 7.10. The van der Waals surface area contributed by atoms with Crippen LogP contribution in [-0.4, -0.2) is 27.7 Å². The second-order valence-corrected chi connectivity index (χ2v) is 4.74. The number of ether oxygens (including phenoxy) is 1. The quantitative estimate of drug-likeness (QED) is 0.856. The fourth-order valence-electron chi connectivity index (χ4n) is 1.93. The summed E-state index contributed by atoms with van der Waals surface area (Å²) in [6.45, 7) is 6.46. The Labute approximate surface area is 123 Å². The maximum absolute atomic E-state index is 12.2. The van der Waals surface area contributed by atoms with Gasteiger partial charge in [0.1, 0.15) is 11.6 Å². The maximum Gasteiger partial charge on any atom is 0.295 e. The number of benzene rings is 1. The van der Waals surface area contributed by atoms with Crippen molar-refractivity contribution in [3.63, 3.8) is 0 Å². The highest BCUT2D eigenvalue weighted by molar-refractivity contribution is 6.02. The lowest BCUT2D eigenvalue weighted by Crippen LogP contribution is -2.15. The number of carbonyl (C=O) groups is 1. The second kappa shape index (κ2) is 6.88. The van der Waals surface area contributed by atoms with Crippen molar-refractivity contribution in [3.8, 4) is 5.75 Å². The molecule has 1 aromatic carbocycles. The molecule has 0 spiro atoms. The van der Waals surface area contributed by atoms with Crippen molar-refractivity contribution in [2.45, 2.75) is 33.6 Å². The Kier molecular flexibility index (Phi) is 4.92. The predicted molar refractivity (Wildman–Crippen MR) is 80.7 cm³/mol. The van der Waals surface area contributed by atoms with E-state index in [1.165, 1.54) is 0 Å². The van der Waals surface area contributed by atoms with E-state index in [9.17, 15) is 4.79 Å². The van der Waals surface area contributed by atoms with Gasteiger partial charge in [-0.15, -0.1) is 5.10 Å². The molecule has 0 saturated heterocycles. The second-order valence-electron chi connectivity index (χ2n) is 4.74. The first-order chi connectivity index (χ1) is 10.1. The zero-order chi connectivity index (χ0) is 15.2. The highest BCUT2D eigenvalue weighted by atomic mass is 16.5. The molecule has 0 aliphatic heterocycles. The summed E-state index contributed by atoms with van der Waals surface area (Å²) in [5, 5.41) is 9.49. The molecule has 1 heterocycles. The number of hydrogen-bond donors (Lipinski definition) is 2. The van der Waals surface area contributed by atoms with Crippen molar-refractivity contribution in [3.05, 3.63) is 35.4 Å². The van der Waals surface area contributed by atoms with Gasteiger partial charge < -0.3 is 10.1 Å². The minimum absolute atomic E-state index is 0.140. The SMILES string of the molecule is CCCc1nc(C(=O)Nc2ccc(C)cc2OCC)n[nH]1. The lowest BCUT2D eigenvalue weighted by Gasteiger charge is -2.11. The summed E-state index contributed by atoms with van der Waals surface area (Å²) in [5.41, 5.74) is 1.69. The highest BCUT2D eigenvalue weighted by Crippen LogP contribution is 2.26. The molecule has 1 amide bonds. The fourth-order valence-corrected chi connectivity index (χ4v) is 1.93. The zero-order valence-corrected chi connectivity index (χ0v) is 12.6. The van der Waals surface area contributed by atoms with Gasteiger partial charge in [0.15, 0.2) is 0 Å². The van der Waals surface area contributed by atoms with Crippen LogP contribution in [0.1, 0.15) is 42.3 Å². The summed E-state index contributed by atoms with van der Waals surface area (Å²) in [4.78, 5) is 16.3. The molecule has 0 unspecified atom stereocenters. The van der Waals surface area contributed by atoms with Gasteiger partial charge in [0.05, 0.1) is 12.3 Å². The van der Waals surface area contributed by atoms with Gasteiger partial charge in [0, 0.05) is 6.42 Å². The Morgan fingerprint density at radius 2 is 2.19 bits per heavy atom. The van der Waals surface area contributed by atoms with Crippen molar-refractivity contribution < 1.29 is 9.53 Å². The van der Waals surface area contributed by atoms with Gasteiger partial charge in [-0.25, -0.2) is 4.98 Å². The molecule has 0 saturated carbocycles. The molecule has 2 aromatic rings. The number of amides is 1. The smallest absolute Gasteiger partial charge is 0.295 e. The minimum Gasteiger partial charge on any atom is -0.492 e. The topological polar surface area (TPSA) is 79.9 Å². The Hall–Kier alpha value is -2.37. The maximum atomic E-state index is 12.2. The average Bonchev–Trinajstić information content (AvgIpc) is 2.91. The Balaban J connectivity index is 2.14. The van der Waals surface area contributed by atoms with Crippen molar-refractivity contribution in [1.82, 2.24) is 15.2 Å². The fraction of sp³-hybridized carbons (Fsp3) is 0.400. The van der Waals surface area contributed by atoms with Crippen LogP contribution in [0.2, 0.25) is 0 Å². The van der Waals surface area contributed by atoms with Gasteiger partial charge in [0.25, 0.3) is 5.91 Å². The molecule has 1 aromatic heterocycles. The van der Waals surface area contributed by atoms with Crippen molar-refractivity contribution in [2.24, 2.45) is 0 Å². The largest absolute Gasteiger partial charge is 0.492 e. The number of carbonyl (C=O) groups excluding carboxylic acids is 1. The van der Waals surface area contributed by atoms with E-state index in [2.05, 4.69) is 20.5 Å². The number of aromatic amines is 1. The van der Waals surface area contributed by atoms with E-state index in [0.29, 0.717) is 18.0 Å². The van der Waals surface area contributed by atoms with Crippen LogP contribution in [0.15, 0.2) is 18.2 Å². The van der Waals surface area contributed by atoms with Crippen LogP contribution in [0.25, 0.3) is 0 Å². The van der Waals surface area contributed by atoms with E-state index in [-0.39, 0.29) is 11.7 Å². The number of rotatable bonds is 6. The predicted octanol–water partition coefficient (Wildman–Crippen LogP) is 2.72. The van der Waals surface area contributed by atoms with E-state index >= 15 is 0 Å². The molecule has 0 aliphatic rings. The molecule has 0 radical (unpaired) electrons. The molecule has 0 atom stereocenters. The first-order valence-corrected chi connectivity index (χ1v) is 7.10. The lowest BCUT2D eigenvalue weighted by atomic mass is 10.2. The van der Waals surface area contributed by atoms with Gasteiger partial charge in [-0.05, 0) is 38.0 Å². The van der Waals surface area contributed by atoms with Gasteiger partial charge >= 0.3 is 0 Å². The number of nitrogens with zero attached hydrogens (tertiary/aromatic N) is 2. The van der Waals surface area contributed by atoms with E-state index in [1.54, 1.807) is 0 Å². The molecular formula is C15H20N4O2. The highest BCUT2D eigenvalue weighted by Gasteiger charge is 2.14. The third-order valence-corrected chi connectivity index (χ3v) is 2.91. The number of anilines is 1. The molecule has 6 heteroatoms. The van der Waals surface area contributed by atoms with E-state index in [4.69, 9.17) is 4.74 Å². The summed E-state index contributed by atoms with van der Waals surface area (Å²) in [6, 6.07) is 5.62. The van der Waals surface area contributed by atoms with Gasteiger partial charge in [0.2, 0.25) is 5.82 Å². The molecule has 6 nitrogen and oxygen atoms in total. The molecule has 112 valence electrons. The van der Waals surface area contributed by atoms with Crippen molar-refractivity contribution in [1.29, 1.82) is 0 Å². The van der Waals surface area contributed by atoms with Crippen LogP contribution in [0.5, 0.6) is 5.75 Å². The van der Waals surface area contributed by atoms with Gasteiger partial charge in [-0.3, -0.25) is 9.89 Å². The van der Waals surface area contributed by atoms with Crippen LogP contribution in [-0.2, 0) is 6.42 Å². The molecule has 2 rings (SSSR count). The molecule has 0 fully saturated rings. The summed E-state index contributed by atoms with van der Waals surface area (Å²) in [6.07, 6.45) is 1.72. The minimum atomic E-state index is -0.349. The standard InChI is InChI=1S/C15H20N4O2/c1-4-6-13-17-14(19-18-13)15(20)16-11-8-7-10(3)9-12(11)21-5-2/h7-9H,4-6H2,1-3H3,(H,16,20)(H,17,18,19). The lowest BCUT2D eigenvalue weighted by molar-refractivity contribution is 0.101. The third kappa shape index (κ3) is 3.81. The number of hydrogen-bond acceptors (Lipinski definition) is 4. The normalized spacial score (nSPS) is 10.4. The molecule has 21 heavy (non-hydrogen) atoms. The number of H-pyrrole nitrogens is 1. The van der Waals surface area contributed by atoms with Crippen LogP contribution in [0.3, 0.4) is 0 Å². The first kappa shape index (κ1) is 15.0. The summed E-state index contributed by atoms with van der Waals surface area (Å²) >= 11 is 0. The van der Waals surface area contributed by atoms with E-state index in [1.807, 2.05) is 39.0 Å². The van der Waals surface area contributed by atoms with E-state index in [0.717, 1.165) is 24.2 Å². The molecular weight excluding hydrogens is 268 g/mol. The van der Waals surface area contributed by atoms with Crippen LogP contribution in [0.4, 0.5) is 5.69 Å². The van der Waals surface area contributed by atoms with Crippen molar-refractivity contribution in [2.75, 3.05) is 11.9 Å². The number of aryl methyl sites for hydroxylation is 2. The summed E-state index contributed by atoms with van der Waals surface area (Å²) in [7, 11) is 0. The zero-order valence-electron chi connectivity index (χ0n) is 12.6.